The van der Waals surface area contributed by atoms with Crippen LogP contribution in [0.15, 0.2) is 29.1 Å². The van der Waals surface area contributed by atoms with Crippen molar-refractivity contribution in [3.8, 4) is 0 Å². The molecule has 126 valence electrons. The topological polar surface area (TPSA) is 70.2 Å². The molecule has 2 aliphatic heterocycles. The lowest BCUT2D eigenvalue weighted by Crippen LogP contribution is -2.35. The van der Waals surface area contributed by atoms with Crippen molar-refractivity contribution >= 4 is 23.4 Å². The Kier molecular flexibility index (Phi) is 4.55. The van der Waals surface area contributed by atoms with E-state index in [9.17, 15) is 4.79 Å². The molecular weight excluding hydrogens is 324 g/mol. The SMILES string of the molecule is O=c1[nH]c(Nc2ccc(CN3CCOCC3)cc2)nc2c1CSC2. The molecule has 0 saturated carbocycles. The van der Waals surface area contributed by atoms with Gasteiger partial charge in [-0.15, -0.1) is 0 Å². The van der Waals surface area contributed by atoms with Crippen LogP contribution in [0.25, 0.3) is 0 Å². The van der Waals surface area contributed by atoms with Gasteiger partial charge < -0.3 is 10.1 Å². The molecule has 0 radical (unpaired) electrons. The lowest BCUT2D eigenvalue weighted by atomic mass is 10.2. The van der Waals surface area contributed by atoms with Crippen LogP contribution in [0.4, 0.5) is 11.6 Å². The number of thioether (sulfide) groups is 1. The second kappa shape index (κ2) is 6.96. The number of rotatable bonds is 4. The predicted octanol–water partition coefficient (Wildman–Crippen LogP) is 2.09. The highest BCUT2D eigenvalue weighted by Crippen LogP contribution is 2.26. The largest absolute Gasteiger partial charge is 0.379 e. The van der Waals surface area contributed by atoms with E-state index >= 15 is 0 Å². The molecule has 1 aromatic carbocycles. The summed E-state index contributed by atoms with van der Waals surface area (Å²) in [5.74, 6) is 2.09. The average molecular weight is 344 g/mol. The summed E-state index contributed by atoms with van der Waals surface area (Å²) in [7, 11) is 0. The van der Waals surface area contributed by atoms with Crippen LogP contribution in [0, 0.1) is 0 Å². The first-order valence-corrected chi connectivity index (χ1v) is 9.29. The first-order chi connectivity index (χ1) is 11.8. The van der Waals surface area contributed by atoms with Crippen LogP contribution in [-0.4, -0.2) is 41.2 Å². The quantitative estimate of drug-likeness (QED) is 0.885. The van der Waals surface area contributed by atoms with Gasteiger partial charge in [0, 0.05) is 42.4 Å². The molecule has 0 atom stereocenters. The Hall–Kier alpha value is -1.83. The van der Waals surface area contributed by atoms with Crippen molar-refractivity contribution in [2.24, 2.45) is 0 Å². The van der Waals surface area contributed by atoms with Gasteiger partial charge in [0.25, 0.3) is 5.56 Å². The van der Waals surface area contributed by atoms with Crippen molar-refractivity contribution in [2.75, 3.05) is 31.6 Å². The van der Waals surface area contributed by atoms with Crippen molar-refractivity contribution < 1.29 is 4.74 Å². The molecule has 0 bridgehead atoms. The fourth-order valence-corrected chi connectivity index (χ4v) is 4.01. The summed E-state index contributed by atoms with van der Waals surface area (Å²) in [5, 5.41) is 3.20. The summed E-state index contributed by atoms with van der Waals surface area (Å²) in [6, 6.07) is 8.27. The third-order valence-electron chi connectivity index (χ3n) is 4.31. The molecule has 0 amide bonds. The van der Waals surface area contributed by atoms with Gasteiger partial charge in [0.05, 0.1) is 18.9 Å². The van der Waals surface area contributed by atoms with Gasteiger partial charge in [-0.1, -0.05) is 12.1 Å². The molecule has 1 aromatic heterocycles. The highest BCUT2D eigenvalue weighted by molar-refractivity contribution is 7.98. The zero-order valence-corrected chi connectivity index (χ0v) is 14.2. The lowest BCUT2D eigenvalue weighted by Gasteiger charge is -2.26. The number of H-pyrrole nitrogens is 1. The van der Waals surface area contributed by atoms with Crippen LogP contribution in [-0.2, 0) is 22.8 Å². The van der Waals surface area contributed by atoms with Crippen LogP contribution in [0.3, 0.4) is 0 Å². The molecule has 0 aliphatic carbocycles. The van der Waals surface area contributed by atoms with Gasteiger partial charge in [0.2, 0.25) is 5.95 Å². The minimum atomic E-state index is -0.0311. The maximum Gasteiger partial charge on any atom is 0.256 e. The Labute approximate surface area is 144 Å². The van der Waals surface area contributed by atoms with E-state index in [2.05, 4.69) is 32.3 Å². The van der Waals surface area contributed by atoms with Gasteiger partial charge in [0.15, 0.2) is 0 Å². The van der Waals surface area contributed by atoms with Crippen molar-refractivity contribution in [1.82, 2.24) is 14.9 Å². The summed E-state index contributed by atoms with van der Waals surface area (Å²) >= 11 is 1.73. The zero-order chi connectivity index (χ0) is 16.4. The maximum atomic E-state index is 12.0. The van der Waals surface area contributed by atoms with E-state index in [1.54, 1.807) is 11.8 Å². The molecule has 4 rings (SSSR count). The third-order valence-corrected chi connectivity index (χ3v) is 5.28. The van der Waals surface area contributed by atoms with Crippen molar-refractivity contribution in [2.45, 2.75) is 18.1 Å². The molecule has 0 spiro atoms. The summed E-state index contributed by atoms with van der Waals surface area (Å²) in [6.07, 6.45) is 0. The minimum Gasteiger partial charge on any atom is -0.379 e. The summed E-state index contributed by atoms with van der Waals surface area (Å²) in [6.45, 7) is 4.54. The monoisotopic (exact) mass is 344 g/mol. The van der Waals surface area contributed by atoms with Gasteiger partial charge in [-0.2, -0.15) is 11.8 Å². The van der Waals surface area contributed by atoms with Crippen molar-refractivity contribution in [1.29, 1.82) is 0 Å². The van der Waals surface area contributed by atoms with Gasteiger partial charge in [-0.05, 0) is 17.7 Å². The van der Waals surface area contributed by atoms with E-state index < -0.39 is 0 Å². The number of morpholine rings is 1. The maximum absolute atomic E-state index is 12.0. The fourth-order valence-electron chi connectivity index (χ4n) is 2.97. The molecule has 1 saturated heterocycles. The number of benzene rings is 1. The number of anilines is 2. The Morgan fingerprint density at radius 2 is 2.00 bits per heavy atom. The number of ether oxygens (including phenoxy) is 1. The standard InChI is InChI=1S/C17H20N4O2S/c22-16-14-10-24-11-15(14)19-17(20-16)18-13-3-1-12(2-4-13)9-21-5-7-23-8-6-21/h1-4H,5-11H2,(H2,18,19,20,22). The fraction of sp³-hybridized carbons (Fsp3) is 0.412. The predicted molar refractivity (Wildman–Crippen MR) is 95.7 cm³/mol. The van der Waals surface area contributed by atoms with E-state index in [1.165, 1.54) is 5.56 Å². The summed E-state index contributed by atoms with van der Waals surface area (Å²) < 4.78 is 5.38. The molecule has 0 unspecified atom stereocenters. The first-order valence-electron chi connectivity index (χ1n) is 8.14. The molecular formula is C17H20N4O2S. The molecule has 24 heavy (non-hydrogen) atoms. The number of nitrogens with zero attached hydrogens (tertiary/aromatic N) is 2. The molecule has 7 heteroatoms. The number of aromatic amines is 1. The van der Waals surface area contributed by atoms with Gasteiger partial charge in [-0.25, -0.2) is 4.98 Å². The van der Waals surface area contributed by atoms with E-state index in [-0.39, 0.29) is 5.56 Å². The Morgan fingerprint density at radius 1 is 1.21 bits per heavy atom. The number of hydrogen-bond donors (Lipinski definition) is 2. The van der Waals surface area contributed by atoms with Gasteiger partial charge >= 0.3 is 0 Å². The molecule has 2 aliphatic rings. The lowest BCUT2D eigenvalue weighted by molar-refractivity contribution is 0.0342. The number of aromatic nitrogens is 2. The molecule has 3 heterocycles. The zero-order valence-electron chi connectivity index (χ0n) is 13.4. The number of nitrogens with one attached hydrogen (secondary N) is 2. The second-order valence-corrected chi connectivity index (χ2v) is 7.03. The van der Waals surface area contributed by atoms with E-state index in [1.807, 2.05) is 12.1 Å². The Bertz CT molecular complexity index is 769. The highest BCUT2D eigenvalue weighted by Gasteiger charge is 2.17. The molecule has 2 N–H and O–H groups in total. The van der Waals surface area contributed by atoms with Crippen LogP contribution in [0.2, 0.25) is 0 Å². The smallest absolute Gasteiger partial charge is 0.256 e. The highest BCUT2D eigenvalue weighted by atomic mass is 32.2. The average Bonchev–Trinajstić information content (AvgIpc) is 3.07. The van der Waals surface area contributed by atoms with Crippen LogP contribution in [0.5, 0.6) is 0 Å². The third kappa shape index (κ3) is 3.48. The molecule has 6 nitrogen and oxygen atoms in total. The van der Waals surface area contributed by atoms with Gasteiger partial charge in [-0.3, -0.25) is 14.7 Å². The minimum absolute atomic E-state index is 0.0311. The van der Waals surface area contributed by atoms with Crippen LogP contribution < -0.4 is 10.9 Å². The van der Waals surface area contributed by atoms with E-state index in [4.69, 9.17) is 4.74 Å². The van der Waals surface area contributed by atoms with Gasteiger partial charge in [0.1, 0.15) is 0 Å². The Morgan fingerprint density at radius 3 is 2.79 bits per heavy atom. The summed E-state index contributed by atoms with van der Waals surface area (Å²) in [4.78, 5) is 21.8. The van der Waals surface area contributed by atoms with Crippen molar-refractivity contribution in [3.63, 3.8) is 0 Å². The van der Waals surface area contributed by atoms with Crippen LogP contribution >= 0.6 is 11.8 Å². The Balaban J connectivity index is 1.44. The number of hydrogen-bond acceptors (Lipinski definition) is 6. The summed E-state index contributed by atoms with van der Waals surface area (Å²) in [5.41, 5.74) is 3.88. The second-order valence-electron chi connectivity index (χ2n) is 6.04. The van der Waals surface area contributed by atoms with Crippen LogP contribution in [0.1, 0.15) is 16.8 Å². The first kappa shape index (κ1) is 15.7. The number of fused-ring (bicyclic) bond motifs is 1. The van der Waals surface area contributed by atoms with E-state index in [0.29, 0.717) is 5.95 Å². The van der Waals surface area contributed by atoms with E-state index in [0.717, 1.165) is 61.3 Å². The molecule has 2 aromatic rings. The van der Waals surface area contributed by atoms with Crippen molar-refractivity contribution in [3.05, 3.63) is 51.4 Å². The normalized spacial score (nSPS) is 17.7. The molecule has 1 fully saturated rings.